The van der Waals surface area contributed by atoms with Crippen LogP contribution in [0.2, 0.25) is 0 Å². The largest absolute Gasteiger partial charge is 0.496 e. The van der Waals surface area contributed by atoms with Crippen molar-refractivity contribution in [3.05, 3.63) is 95.6 Å². The van der Waals surface area contributed by atoms with Crippen LogP contribution in [0.15, 0.2) is 83.8 Å². The second kappa shape index (κ2) is 9.73. The third kappa shape index (κ3) is 4.43. The van der Waals surface area contributed by atoms with E-state index in [4.69, 9.17) is 9.47 Å². The van der Waals surface area contributed by atoms with Gasteiger partial charge in [-0.2, -0.15) is 0 Å². The SMILES string of the molecule is COc1ccccc1/C=C/[C@H]1[C@@H](c2ccccc2OC)CC(=O)N1S(=O)(=O)c1ccc(C)cc1. The number of para-hydroxylation sites is 2. The Balaban J connectivity index is 1.83. The zero-order valence-electron chi connectivity index (χ0n) is 19.3. The molecule has 0 unspecified atom stereocenters. The Hall–Kier alpha value is -3.58. The molecule has 0 N–H and O–H groups in total. The summed E-state index contributed by atoms with van der Waals surface area (Å²) < 4.78 is 39.3. The summed E-state index contributed by atoms with van der Waals surface area (Å²) in [5.74, 6) is 0.413. The van der Waals surface area contributed by atoms with Gasteiger partial charge in [0.15, 0.2) is 0 Å². The molecule has 0 bridgehead atoms. The Kier molecular flexibility index (Phi) is 6.75. The first kappa shape index (κ1) is 23.6. The van der Waals surface area contributed by atoms with Gasteiger partial charge in [-0.05, 0) is 31.2 Å². The maximum absolute atomic E-state index is 13.6. The minimum absolute atomic E-state index is 0.0480. The van der Waals surface area contributed by atoms with E-state index in [1.807, 2.05) is 61.5 Å². The highest BCUT2D eigenvalue weighted by Gasteiger charge is 2.46. The van der Waals surface area contributed by atoms with Gasteiger partial charge in [-0.3, -0.25) is 4.79 Å². The number of ether oxygens (including phenoxy) is 2. The van der Waals surface area contributed by atoms with Crippen molar-refractivity contribution in [3.63, 3.8) is 0 Å². The van der Waals surface area contributed by atoms with Gasteiger partial charge in [-0.25, -0.2) is 12.7 Å². The molecule has 0 saturated carbocycles. The van der Waals surface area contributed by atoms with Gasteiger partial charge in [0, 0.05) is 23.5 Å². The number of rotatable bonds is 7. The van der Waals surface area contributed by atoms with Crippen LogP contribution in [0.4, 0.5) is 0 Å². The Bertz CT molecular complexity index is 1310. The van der Waals surface area contributed by atoms with Crippen LogP contribution in [0.5, 0.6) is 11.5 Å². The number of benzene rings is 3. The molecule has 176 valence electrons. The Labute approximate surface area is 200 Å². The molecule has 1 aliphatic heterocycles. The van der Waals surface area contributed by atoms with Crippen LogP contribution < -0.4 is 9.47 Å². The third-order valence-electron chi connectivity index (χ3n) is 6.05. The number of carbonyl (C=O) groups excluding carboxylic acids is 1. The second-order valence-corrected chi connectivity index (χ2v) is 9.97. The number of nitrogens with zero attached hydrogens (tertiary/aromatic N) is 1. The predicted octanol–water partition coefficient (Wildman–Crippen LogP) is 4.80. The molecule has 34 heavy (non-hydrogen) atoms. The van der Waals surface area contributed by atoms with Crippen LogP contribution in [0, 0.1) is 6.92 Å². The monoisotopic (exact) mass is 477 g/mol. The van der Waals surface area contributed by atoms with Crippen LogP contribution in [0.1, 0.15) is 29.0 Å². The molecule has 1 fully saturated rings. The van der Waals surface area contributed by atoms with Gasteiger partial charge in [0.25, 0.3) is 10.0 Å². The fourth-order valence-electron chi connectivity index (χ4n) is 4.33. The first-order valence-corrected chi connectivity index (χ1v) is 12.4. The average molecular weight is 478 g/mol. The lowest BCUT2D eigenvalue weighted by Crippen LogP contribution is -2.39. The summed E-state index contributed by atoms with van der Waals surface area (Å²) in [5.41, 5.74) is 2.51. The number of hydrogen-bond acceptors (Lipinski definition) is 5. The number of amides is 1. The highest BCUT2D eigenvalue weighted by molar-refractivity contribution is 7.89. The van der Waals surface area contributed by atoms with Crippen molar-refractivity contribution in [3.8, 4) is 11.5 Å². The molecule has 1 amide bonds. The number of aryl methyl sites for hydroxylation is 1. The third-order valence-corrected chi connectivity index (χ3v) is 7.88. The predicted molar refractivity (Wildman–Crippen MR) is 131 cm³/mol. The van der Waals surface area contributed by atoms with Gasteiger partial charge >= 0.3 is 0 Å². The molecular formula is C27H27NO5S. The van der Waals surface area contributed by atoms with E-state index >= 15 is 0 Å². The van der Waals surface area contributed by atoms with Gasteiger partial charge in [-0.1, -0.05) is 66.2 Å². The van der Waals surface area contributed by atoms with Crippen molar-refractivity contribution < 1.29 is 22.7 Å². The van der Waals surface area contributed by atoms with Gasteiger partial charge in [0.05, 0.1) is 25.2 Å². The highest BCUT2D eigenvalue weighted by Crippen LogP contribution is 2.42. The van der Waals surface area contributed by atoms with Crippen molar-refractivity contribution in [2.45, 2.75) is 30.2 Å². The number of sulfonamides is 1. The molecule has 0 radical (unpaired) electrons. The van der Waals surface area contributed by atoms with Crippen LogP contribution in [-0.4, -0.2) is 38.9 Å². The van der Waals surface area contributed by atoms with Crippen molar-refractivity contribution in [2.75, 3.05) is 14.2 Å². The van der Waals surface area contributed by atoms with Crippen LogP contribution in [-0.2, 0) is 14.8 Å². The molecule has 1 aliphatic rings. The average Bonchev–Trinajstić information content (AvgIpc) is 3.19. The molecule has 3 aromatic carbocycles. The highest BCUT2D eigenvalue weighted by atomic mass is 32.2. The van der Waals surface area contributed by atoms with E-state index in [1.54, 1.807) is 32.4 Å². The number of carbonyl (C=O) groups is 1. The smallest absolute Gasteiger partial charge is 0.267 e. The summed E-state index contributed by atoms with van der Waals surface area (Å²) in [6.45, 7) is 1.88. The van der Waals surface area contributed by atoms with Crippen molar-refractivity contribution in [1.82, 2.24) is 4.31 Å². The standard InChI is InChI=1S/C27H27NO5S/c1-19-12-15-21(16-13-19)34(30,31)28-24(17-14-20-8-4-6-10-25(20)32-2)23(18-27(28)29)22-9-5-7-11-26(22)33-3/h4-17,23-24H,18H2,1-3H3/b17-14+/t23-,24+/m1/s1. The molecule has 6 nitrogen and oxygen atoms in total. The number of hydrogen-bond donors (Lipinski definition) is 0. The van der Waals surface area contributed by atoms with E-state index in [0.717, 1.165) is 21.0 Å². The van der Waals surface area contributed by atoms with Crippen LogP contribution in [0.25, 0.3) is 6.08 Å². The van der Waals surface area contributed by atoms with Gasteiger partial charge in [0.2, 0.25) is 5.91 Å². The van der Waals surface area contributed by atoms with Crippen LogP contribution >= 0.6 is 0 Å². The number of methoxy groups -OCH3 is 2. The first-order valence-electron chi connectivity index (χ1n) is 10.9. The van der Waals surface area contributed by atoms with Crippen molar-refractivity contribution in [1.29, 1.82) is 0 Å². The van der Waals surface area contributed by atoms with Crippen LogP contribution in [0.3, 0.4) is 0 Å². The summed E-state index contributed by atoms with van der Waals surface area (Å²) in [5, 5.41) is 0. The molecule has 1 saturated heterocycles. The lowest BCUT2D eigenvalue weighted by molar-refractivity contribution is -0.124. The zero-order chi connectivity index (χ0) is 24.3. The first-order chi connectivity index (χ1) is 16.4. The molecular weight excluding hydrogens is 450 g/mol. The minimum atomic E-state index is -4.07. The van der Waals surface area contributed by atoms with E-state index in [2.05, 4.69) is 0 Å². The van der Waals surface area contributed by atoms with Crippen molar-refractivity contribution >= 4 is 22.0 Å². The summed E-state index contributed by atoms with van der Waals surface area (Å²) in [4.78, 5) is 13.3. The summed E-state index contributed by atoms with van der Waals surface area (Å²) in [6, 6.07) is 20.6. The molecule has 0 spiro atoms. The minimum Gasteiger partial charge on any atom is -0.496 e. The lowest BCUT2D eigenvalue weighted by atomic mass is 9.90. The topological polar surface area (TPSA) is 72.9 Å². The molecule has 7 heteroatoms. The summed E-state index contributed by atoms with van der Waals surface area (Å²) >= 11 is 0. The fourth-order valence-corrected chi connectivity index (χ4v) is 5.92. The summed E-state index contributed by atoms with van der Waals surface area (Å²) in [6.07, 6.45) is 3.63. The van der Waals surface area contributed by atoms with E-state index < -0.39 is 27.9 Å². The maximum atomic E-state index is 13.6. The van der Waals surface area contributed by atoms with Crippen molar-refractivity contribution in [2.24, 2.45) is 0 Å². The quantitative estimate of drug-likeness (QED) is 0.489. The zero-order valence-corrected chi connectivity index (χ0v) is 20.2. The van der Waals surface area contributed by atoms with E-state index in [9.17, 15) is 13.2 Å². The molecule has 3 aromatic rings. The molecule has 2 atom stereocenters. The van der Waals surface area contributed by atoms with Gasteiger partial charge in [-0.15, -0.1) is 0 Å². The fraction of sp³-hybridized carbons (Fsp3) is 0.222. The van der Waals surface area contributed by atoms with Gasteiger partial charge < -0.3 is 9.47 Å². The Morgan fingerprint density at radius 1 is 0.882 bits per heavy atom. The molecule has 0 aromatic heterocycles. The van der Waals surface area contributed by atoms with E-state index in [1.165, 1.54) is 12.1 Å². The Morgan fingerprint density at radius 2 is 1.50 bits per heavy atom. The molecule has 4 rings (SSSR count). The van der Waals surface area contributed by atoms with E-state index in [-0.39, 0.29) is 11.3 Å². The maximum Gasteiger partial charge on any atom is 0.267 e. The second-order valence-electron chi connectivity index (χ2n) is 8.15. The van der Waals surface area contributed by atoms with E-state index in [0.29, 0.717) is 11.5 Å². The lowest BCUT2D eigenvalue weighted by Gasteiger charge is -2.26. The molecule has 0 aliphatic carbocycles. The molecule has 1 heterocycles. The summed E-state index contributed by atoms with van der Waals surface area (Å²) in [7, 11) is -0.927. The Morgan fingerprint density at radius 3 is 2.18 bits per heavy atom. The normalized spacial score (nSPS) is 18.4. The van der Waals surface area contributed by atoms with Gasteiger partial charge in [0.1, 0.15) is 11.5 Å².